The summed E-state index contributed by atoms with van der Waals surface area (Å²) < 4.78 is 0. The summed E-state index contributed by atoms with van der Waals surface area (Å²) in [5, 5.41) is 4.28. The fourth-order valence-electron chi connectivity index (χ4n) is 1.98. The van der Waals surface area contributed by atoms with E-state index in [1.54, 1.807) is 0 Å². The summed E-state index contributed by atoms with van der Waals surface area (Å²) in [4.78, 5) is 0. The molecule has 1 aromatic carbocycles. The van der Waals surface area contributed by atoms with Gasteiger partial charge in [-0.05, 0) is 49.1 Å². The monoisotopic (exact) mass is 249 g/mol. The normalized spacial score (nSPS) is 17.1. The van der Waals surface area contributed by atoms with Crippen molar-refractivity contribution >= 4 is 11.8 Å². The minimum absolute atomic E-state index is 0.764. The topological polar surface area (TPSA) is 12.0 Å². The molecule has 2 rings (SSSR count). The molecule has 0 aromatic heterocycles. The standard InChI is InChI=1S/C15H23NS/c1-12(17-2)9-10-16-11-13-3-5-14(6-4-13)15-7-8-15/h3-6,12,15-16H,7-11H2,1-2H3. The lowest BCUT2D eigenvalue weighted by Gasteiger charge is -2.09. The van der Waals surface area contributed by atoms with E-state index in [2.05, 4.69) is 42.8 Å². The summed E-state index contributed by atoms with van der Waals surface area (Å²) in [6, 6.07) is 9.16. The van der Waals surface area contributed by atoms with Crippen LogP contribution in [-0.2, 0) is 6.54 Å². The maximum absolute atomic E-state index is 3.52. The first-order valence-corrected chi connectivity index (χ1v) is 7.90. The van der Waals surface area contributed by atoms with Gasteiger partial charge in [0.15, 0.2) is 0 Å². The molecule has 1 aromatic rings. The van der Waals surface area contributed by atoms with Crippen LogP contribution in [0.2, 0.25) is 0 Å². The Morgan fingerprint density at radius 1 is 1.29 bits per heavy atom. The number of benzene rings is 1. The van der Waals surface area contributed by atoms with Crippen molar-refractivity contribution < 1.29 is 0 Å². The Morgan fingerprint density at radius 3 is 2.59 bits per heavy atom. The molecule has 1 fully saturated rings. The molecule has 2 heteroatoms. The molecule has 1 aliphatic carbocycles. The number of nitrogens with one attached hydrogen (secondary N) is 1. The average Bonchev–Trinajstić information content (AvgIpc) is 3.19. The summed E-state index contributed by atoms with van der Waals surface area (Å²) in [5.41, 5.74) is 2.94. The number of rotatable bonds is 7. The van der Waals surface area contributed by atoms with Crippen LogP contribution in [0.3, 0.4) is 0 Å². The van der Waals surface area contributed by atoms with Gasteiger partial charge in [0.05, 0.1) is 0 Å². The van der Waals surface area contributed by atoms with E-state index in [1.807, 2.05) is 11.8 Å². The average molecular weight is 249 g/mol. The third-order valence-corrected chi connectivity index (χ3v) is 4.53. The third-order valence-electron chi connectivity index (χ3n) is 3.49. The Bertz CT molecular complexity index is 329. The Labute approximate surface area is 109 Å². The summed E-state index contributed by atoms with van der Waals surface area (Å²) in [5.74, 6) is 0.874. The zero-order valence-electron chi connectivity index (χ0n) is 10.9. The molecule has 1 atom stereocenters. The van der Waals surface area contributed by atoms with Crippen molar-refractivity contribution in [3.05, 3.63) is 35.4 Å². The van der Waals surface area contributed by atoms with Gasteiger partial charge >= 0.3 is 0 Å². The van der Waals surface area contributed by atoms with Crippen LogP contribution in [-0.4, -0.2) is 18.1 Å². The molecule has 1 nitrogen and oxygen atoms in total. The third kappa shape index (κ3) is 4.36. The SMILES string of the molecule is CSC(C)CCNCc1ccc(C2CC2)cc1. The molecule has 1 aliphatic rings. The van der Waals surface area contributed by atoms with Gasteiger partial charge in [-0.3, -0.25) is 0 Å². The molecule has 1 N–H and O–H groups in total. The Hall–Kier alpha value is -0.470. The second-order valence-corrected chi connectivity index (χ2v) is 6.30. The van der Waals surface area contributed by atoms with Gasteiger partial charge in [0, 0.05) is 11.8 Å². The molecule has 0 bridgehead atoms. The molecule has 0 radical (unpaired) electrons. The van der Waals surface area contributed by atoms with Gasteiger partial charge in [0.25, 0.3) is 0 Å². The van der Waals surface area contributed by atoms with Crippen LogP contribution >= 0.6 is 11.8 Å². The first-order valence-electron chi connectivity index (χ1n) is 6.62. The minimum Gasteiger partial charge on any atom is -0.313 e. The fraction of sp³-hybridized carbons (Fsp3) is 0.600. The minimum atomic E-state index is 0.764. The van der Waals surface area contributed by atoms with E-state index in [-0.39, 0.29) is 0 Å². The maximum Gasteiger partial charge on any atom is 0.0205 e. The molecule has 0 spiro atoms. The van der Waals surface area contributed by atoms with E-state index >= 15 is 0 Å². The molecule has 1 saturated carbocycles. The molecule has 0 amide bonds. The molecular formula is C15H23NS. The van der Waals surface area contributed by atoms with E-state index in [0.717, 1.165) is 24.3 Å². The zero-order chi connectivity index (χ0) is 12.1. The molecule has 0 aliphatic heterocycles. The van der Waals surface area contributed by atoms with Crippen molar-refractivity contribution in [1.29, 1.82) is 0 Å². The van der Waals surface area contributed by atoms with Crippen molar-refractivity contribution in [2.75, 3.05) is 12.8 Å². The van der Waals surface area contributed by atoms with Gasteiger partial charge in [-0.25, -0.2) is 0 Å². The van der Waals surface area contributed by atoms with Gasteiger partial charge < -0.3 is 5.32 Å². The molecule has 1 unspecified atom stereocenters. The second kappa shape index (κ2) is 6.46. The molecule has 0 heterocycles. The lowest BCUT2D eigenvalue weighted by atomic mass is 10.1. The first kappa shape index (κ1) is 13.0. The largest absolute Gasteiger partial charge is 0.313 e. The Kier molecular flexibility index (Phi) is 4.93. The highest BCUT2D eigenvalue weighted by Gasteiger charge is 2.22. The molecule has 17 heavy (non-hydrogen) atoms. The smallest absolute Gasteiger partial charge is 0.0205 e. The van der Waals surface area contributed by atoms with E-state index in [0.29, 0.717) is 0 Å². The van der Waals surface area contributed by atoms with E-state index in [1.165, 1.54) is 30.4 Å². The van der Waals surface area contributed by atoms with Crippen LogP contribution in [0.15, 0.2) is 24.3 Å². The van der Waals surface area contributed by atoms with Crippen LogP contribution in [0.4, 0.5) is 0 Å². The summed E-state index contributed by atoms with van der Waals surface area (Å²) in [6.45, 7) is 4.41. The molecular weight excluding hydrogens is 226 g/mol. The summed E-state index contributed by atoms with van der Waals surface area (Å²) in [6.07, 6.45) is 6.22. The highest BCUT2D eigenvalue weighted by molar-refractivity contribution is 7.99. The summed E-state index contributed by atoms with van der Waals surface area (Å²) in [7, 11) is 0. The predicted molar refractivity (Wildman–Crippen MR) is 77.7 cm³/mol. The van der Waals surface area contributed by atoms with Crippen molar-refractivity contribution in [2.45, 2.75) is 43.9 Å². The van der Waals surface area contributed by atoms with Crippen molar-refractivity contribution in [3.63, 3.8) is 0 Å². The highest BCUT2D eigenvalue weighted by Crippen LogP contribution is 2.39. The fourth-order valence-corrected chi connectivity index (χ4v) is 2.33. The van der Waals surface area contributed by atoms with Crippen molar-refractivity contribution in [2.24, 2.45) is 0 Å². The van der Waals surface area contributed by atoms with Crippen LogP contribution in [0.25, 0.3) is 0 Å². The number of thioether (sulfide) groups is 1. The van der Waals surface area contributed by atoms with Crippen LogP contribution in [0.5, 0.6) is 0 Å². The van der Waals surface area contributed by atoms with E-state index in [4.69, 9.17) is 0 Å². The van der Waals surface area contributed by atoms with Gasteiger partial charge in [-0.2, -0.15) is 11.8 Å². The van der Waals surface area contributed by atoms with Crippen LogP contribution in [0.1, 0.15) is 43.2 Å². The maximum atomic E-state index is 3.52. The van der Waals surface area contributed by atoms with E-state index < -0.39 is 0 Å². The van der Waals surface area contributed by atoms with Crippen LogP contribution in [0, 0.1) is 0 Å². The Morgan fingerprint density at radius 2 is 2.00 bits per heavy atom. The van der Waals surface area contributed by atoms with Gasteiger partial charge in [0.1, 0.15) is 0 Å². The van der Waals surface area contributed by atoms with Gasteiger partial charge in [-0.1, -0.05) is 31.2 Å². The highest BCUT2D eigenvalue weighted by atomic mass is 32.2. The predicted octanol–water partition coefficient (Wildman–Crippen LogP) is 3.80. The lowest BCUT2D eigenvalue weighted by molar-refractivity contribution is 0.648. The summed E-state index contributed by atoms with van der Waals surface area (Å²) >= 11 is 1.94. The molecule has 0 saturated heterocycles. The van der Waals surface area contributed by atoms with Crippen molar-refractivity contribution in [1.82, 2.24) is 5.32 Å². The van der Waals surface area contributed by atoms with Crippen LogP contribution < -0.4 is 5.32 Å². The quantitative estimate of drug-likeness (QED) is 0.738. The van der Waals surface area contributed by atoms with Crippen molar-refractivity contribution in [3.8, 4) is 0 Å². The zero-order valence-corrected chi connectivity index (χ0v) is 11.7. The lowest BCUT2D eigenvalue weighted by Crippen LogP contribution is -2.17. The van der Waals surface area contributed by atoms with E-state index in [9.17, 15) is 0 Å². The first-order chi connectivity index (χ1) is 8.29. The van der Waals surface area contributed by atoms with Gasteiger partial charge in [-0.15, -0.1) is 0 Å². The molecule has 94 valence electrons. The Balaban J connectivity index is 1.68. The van der Waals surface area contributed by atoms with Gasteiger partial charge in [0.2, 0.25) is 0 Å². The second-order valence-electron chi connectivity index (χ2n) is 5.03. The number of hydrogen-bond acceptors (Lipinski definition) is 2. The number of hydrogen-bond donors (Lipinski definition) is 1.